The SMILES string of the molecule is O=C(Cn1nnc(-c2ccccc2)n1)N/N=C/c1ccccc1C(F)(F)F. The van der Waals surface area contributed by atoms with Crippen molar-refractivity contribution < 1.29 is 18.0 Å². The molecule has 2 aromatic carbocycles. The zero-order valence-corrected chi connectivity index (χ0v) is 13.8. The first kappa shape index (κ1) is 18.2. The number of hydrogen-bond donors (Lipinski definition) is 1. The lowest BCUT2D eigenvalue weighted by Gasteiger charge is -2.09. The van der Waals surface area contributed by atoms with E-state index in [0.717, 1.165) is 22.6 Å². The van der Waals surface area contributed by atoms with Crippen molar-refractivity contribution in [3.63, 3.8) is 0 Å². The molecule has 0 unspecified atom stereocenters. The predicted molar refractivity (Wildman–Crippen MR) is 90.4 cm³/mol. The van der Waals surface area contributed by atoms with Crippen molar-refractivity contribution in [2.45, 2.75) is 12.7 Å². The monoisotopic (exact) mass is 374 g/mol. The quantitative estimate of drug-likeness (QED) is 0.549. The number of rotatable bonds is 5. The second-order valence-electron chi connectivity index (χ2n) is 5.39. The van der Waals surface area contributed by atoms with E-state index < -0.39 is 17.6 Å². The van der Waals surface area contributed by atoms with Gasteiger partial charge in [-0.05, 0) is 11.3 Å². The second kappa shape index (κ2) is 7.77. The summed E-state index contributed by atoms with van der Waals surface area (Å²) in [7, 11) is 0. The first-order chi connectivity index (χ1) is 12.9. The van der Waals surface area contributed by atoms with Crippen molar-refractivity contribution in [1.29, 1.82) is 0 Å². The number of aromatic nitrogens is 4. The van der Waals surface area contributed by atoms with Gasteiger partial charge >= 0.3 is 6.18 Å². The minimum absolute atomic E-state index is 0.157. The van der Waals surface area contributed by atoms with Gasteiger partial charge in [0.1, 0.15) is 6.54 Å². The molecule has 138 valence electrons. The Labute approximate surface area is 151 Å². The van der Waals surface area contributed by atoms with Gasteiger partial charge in [-0.2, -0.15) is 23.1 Å². The Balaban J connectivity index is 1.61. The molecular weight excluding hydrogens is 361 g/mol. The highest BCUT2D eigenvalue weighted by molar-refractivity contribution is 5.84. The number of hydrogen-bond acceptors (Lipinski definition) is 5. The van der Waals surface area contributed by atoms with E-state index in [1.165, 1.54) is 18.2 Å². The molecule has 0 bridgehead atoms. The van der Waals surface area contributed by atoms with Crippen molar-refractivity contribution in [3.8, 4) is 11.4 Å². The molecule has 1 aromatic heterocycles. The minimum Gasteiger partial charge on any atom is -0.271 e. The summed E-state index contributed by atoms with van der Waals surface area (Å²) in [5, 5.41) is 15.2. The maximum Gasteiger partial charge on any atom is 0.417 e. The lowest BCUT2D eigenvalue weighted by molar-refractivity contribution is -0.137. The number of hydrazone groups is 1. The Morgan fingerprint density at radius 3 is 2.56 bits per heavy atom. The van der Waals surface area contributed by atoms with E-state index in [1.54, 1.807) is 12.1 Å². The van der Waals surface area contributed by atoms with Crippen molar-refractivity contribution in [3.05, 3.63) is 65.7 Å². The van der Waals surface area contributed by atoms with Crippen LogP contribution in [0.15, 0.2) is 59.7 Å². The van der Waals surface area contributed by atoms with Gasteiger partial charge in [0.25, 0.3) is 5.91 Å². The molecule has 0 aliphatic rings. The maximum absolute atomic E-state index is 12.9. The molecule has 7 nitrogen and oxygen atoms in total. The molecule has 27 heavy (non-hydrogen) atoms. The van der Waals surface area contributed by atoms with Gasteiger partial charge in [0.05, 0.1) is 11.8 Å². The van der Waals surface area contributed by atoms with Gasteiger partial charge in [-0.1, -0.05) is 48.5 Å². The summed E-state index contributed by atoms with van der Waals surface area (Å²) in [6.07, 6.45) is -3.57. The zero-order valence-electron chi connectivity index (χ0n) is 13.8. The van der Waals surface area contributed by atoms with Crippen LogP contribution < -0.4 is 5.43 Å². The fourth-order valence-electron chi connectivity index (χ4n) is 2.22. The number of carbonyl (C=O) groups excluding carboxylic acids is 1. The van der Waals surface area contributed by atoms with E-state index in [0.29, 0.717) is 5.82 Å². The van der Waals surface area contributed by atoms with Crippen LogP contribution in [0, 0.1) is 0 Å². The first-order valence-corrected chi connectivity index (χ1v) is 7.75. The van der Waals surface area contributed by atoms with E-state index in [-0.39, 0.29) is 12.1 Å². The minimum atomic E-state index is -4.51. The predicted octanol–water partition coefficient (Wildman–Crippen LogP) is 2.51. The standard InChI is InChI=1S/C17H13F3N6O/c18-17(19,20)14-9-5-4-8-13(14)10-21-22-15(27)11-26-24-16(23-25-26)12-6-2-1-3-7-12/h1-10H,11H2,(H,22,27)/b21-10+. The van der Waals surface area contributed by atoms with Crippen molar-refractivity contribution in [2.75, 3.05) is 0 Å². The summed E-state index contributed by atoms with van der Waals surface area (Å²) in [4.78, 5) is 12.9. The van der Waals surface area contributed by atoms with E-state index in [9.17, 15) is 18.0 Å². The first-order valence-electron chi connectivity index (χ1n) is 7.75. The largest absolute Gasteiger partial charge is 0.417 e. The molecule has 10 heteroatoms. The second-order valence-corrected chi connectivity index (χ2v) is 5.39. The molecule has 0 atom stereocenters. The lowest BCUT2D eigenvalue weighted by Crippen LogP contribution is -2.24. The molecule has 0 spiro atoms. The molecule has 0 saturated heterocycles. The van der Waals surface area contributed by atoms with Gasteiger partial charge in [-0.25, -0.2) is 5.43 Å². The van der Waals surface area contributed by atoms with Gasteiger partial charge < -0.3 is 0 Å². The number of carbonyl (C=O) groups is 1. The Hall–Kier alpha value is -3.56. The molecule has 0 aliphatic heterocycles. The molecular formula is C17H13F3N6O. The topological polar surface area (TPSA) is 85.1 Å². The average molecular weight is 374 g/mol. The van der Waals surface area contributed by atoms with Crippen LogP contribution in [0.25, 0.3) is 11.4 Å². The molecule has 0 aliphatic carbocycles. The highest BCUT2D eigenvalue weighted by Gasteiger charge is 2.32. The molecule has 3 rings (SSSR count). The summed E-state index contributed by atoms with van der Waals surface area (Å²) in [5.41, 5.74) is 1.89. The van der Waals surface area contributed by atoms with E-state index in [2.05, 4.69) is 25.9 Å². The van der Waals surface area contributed by atoms with Gasteiger partial charge in [0, 0.05) is 11.1 Å². The van der Waals surface area contributed by atoms with Crippen molar-refractivity contribution >= 4 is 12.1 Å². The van der Waals surface area contributed by atoms with Gasteiger partial charge in [-0.3, -0.25) is 4.79 Å². The number of benzene rings is 2. The van der Waals surface area contributed by atoms with Gasteiger partial charge in [0.2, 0.25) is 5.82 Å². The summed E-state index contributed by atoms with van der Waals surface area (Å²) < 4.78 is 38.7. The van der Waals surface area contributed by atoms with Crippen LogP contribution in [-0.2, 0) is 17.5 Å². The van der Waals surface area contributed by atoms with Crippen LogP contribution in [0.5, 0.6) is 0 Å². The van der Waals surface area contributed by atoms with E-state index >= 15 is 0 Å². The van der Waals surface area contributed by atoms with Crippen LogP contribution >= 0.6 is 0 Å². The molecule has 1 amide bonds. The van der Waals surface area contributed by atoms with Crippen LogP contribution in [0.1, 0.15) is 11.1 Å². The number of halogens is 3. The van der Waals surface area contributed by atoms with E-state index in [1.807, 2.05) is 18.2 Å². The molecule has 0 fully saturated rings. The number of alkyl halides is 3. The van der Waals surface area contributed by atoms with Gasteiger partial charge in [0.15, 0.2) is 0 Å². The molecule has 3 aromatic rings. The van der Waals surface area contributed by atoms with Gasteiger partial charge in [-0.15, -0.1) is 10.2 Å². The third-order valence-corrected chi connectivity index (χ3v) is 3.43. The number of nitrogens with one attached hydrogen (secondary N) is 1. The Bertz CT molecular complexity index is 953. The zero-order chi connectivity index (χ0) is 19.3. The third-order valence-electron chi connectivity index (χ3n) is 3.43. The smallest absolute Gasteiger partial charge is 0.271 e. The van der Waals surface area contributed by atoms with Crippen LogP contribution in [-0.4, -0.2) is 32.3 Å². The summed E-state index contributed by atoms with van der Waals surface area (Å²) in [6, 6.07) is 14.0. The maximum atomic E-state index is 12.9. The molecule has 0 saturated carbocycles. The summed E-state index contributed by atoms with van der Waals surface area (Å²) in [6.45, 7) is -0.280. The Kier molecular flexibility index (Phi) is 5.25. The molecule has 1 N–H and O–H groups in total. The lowest BCUT2D eigenvalue weighted by atomic mass is 10.1. The fraction of sp³-hybridized carbons (Fsp3) is 0.118. The van der Waals surface area contributed by atoms with Crippen molar-refractivity contribution in [1.82, 2.24) is 25.6 Å². The summed E-state index contributed by atoms with van der Waals surface area (Å²) >= 11 is 0. The van der Waals surface area contributed by atoms with E-state index in [4.69, 9.17) is 0 Å². The third kappa shape index (κ3) is 4.75. The van der Waals surface area contributed by atoms with Crippen LogP contribution in [0.3, 0.4) is 0 Å². The Morgan fingerprint density at radius 1 is 1.11 bits per heavy atom. The number of amides is 1. The number of tetrazole rings is 1. The summed E-state index contributed by atoms with van der Waals surface area (Å²) in [5.74, 6) is -0.251. The number of nitrogens with zero attached hydrogens (tertiary/aromatic N) is 5. The molecule has 1 heterocycles. The van der Waals surface area contributed by atoms with Crippen molar-refractivity contribution in [2.24, 2.45) is 5.10 Å². The fourth-order valence-corrected chi connectivity index (χ4v) is 2.22. The highest BCUT2D eigenvalue weighted by Crippen LogP contribution is 2.30. The van der Waals surface area contributed by atoms with Crippen LogP contribution in [0.2, 0.25) is 0 Å². The molecule has 0 radical (unpaired) electrons. The average Bonchev–Trinajstić information content (AvgIpc) is 3.10. The highest BCUT2D eigenvalue weighted by atomic mass is 19.4. The Morgan fingerprint density at radius 2 is 1.81 bits per heavy atom. The van der Waals surface area contributed by atoms with Crippen LogP contribution in [0.4, 0.5) is 13.2 Å². The normalized spacial score (nSPS) is 11.7.